The van der Waals surface area contributed by atoms with Crippen molar-refractivity contribution in [2.45, 2.75) is 18.0 Å². The van der Waals surface area contributed by atoms with E-state index < -0.39 is 10.0 Å². The second-order valence-electron chi connectivity index (χ2n) is 7.55. The van der Waals surface area contributed by atoms with Gasteiger partial charge in [-0.25, -0.2) is 18.4 Å². The van der Waals surface area contributed by atoms with Gasteiger partial charge in [-0.15, -0.1) is 0 Å². The summed E-state index contributed by atoms with van der Waals surface area (Å²) in [4.78, 5) is 11.4. The molecule has 0 amide bonds. The van der Waals surface area contributed by atoms with E-state index in [4.69, 9.17) is 16.3 Å². The Kier molecular flexibility index (Phi) is 5.39. The highest BCUT2D eigenvalue weighted by Crippen LogP contribution is 2.30. The molecule has 1 fully saturated rings. The van der Waals surface area contributed by atoms with E-state index in [0.717, 1.165) is 35.5 Å². The topological polar surface area (TPSA) is 75.6 Å². The standard InChI is InChI=1S/C22H21ClN4O3S/c23-19-6-4-16(5-7-19)17-2-1-3-20(12-17)31(28,29)27-14-18-13-24-22(25-21(18)15-27)26-8-10-30-11-9-26/h1-7,12-13H,8-11,14-15H2. The zero-order chi connectivity index (χ0) is 21.4. The second-order valence-corrected chi connectivity index (χ2v) is 9.92. The van der Waals surface area contributed by atoms with Gasteiger partial charge in [-0.05, 0) is 35.4 Å². The molecule has 0 spiro atoms. The fraction of sp³-hybridized carbons (Fsp3) is 0.273. The van der Waals surface area contributed by atoms with Gasteiger partial charge in [-0.3, -0.25) is 0 Å². The maximum atomic E-state index is 13.4. The highest BCUT2D eigenvalue weighted by molar-refractivity contribution is 7.89. The number of hydrogen-bond acceptors (Lipinski definition) is 6. The molecule has 9 heteroatoms. The van der Waals surface area contributed by atoms with Crippen LogP contribution in [-0.2, 0) is 27.8 Å². The number of rotatable bonds is 4. The number of halogens is 1. The Hall–Kier alpha value is -2.52. The number of fused-ring (bicyclic) bond motifs is 1. The van der Waals surface area contributed by atoms with E-state index in [1.165, 1.54) is 4.31 Å². The number of ether oxygens (including phenoxy) is 1. The molecular weight excluding hydrogens is 436 g/mol. The van der Waals surface area contributed by atoms with Crippen LogP contribution in [0.3, 0.4) is 0 Å². The summed E-state index contributed by atoms with van der Waals surface area (Å²) in [6.45, 7) is 3.27. The Labute approximate surface area is 186 Å². The van der Waals surface area contributed by atoms with Gasteiger partial charge >= 0.3 is 0 Å². The molecule has 0 saturated carbocycles. The molecule has 1 aromatic heterocycles. The van der Waals surface area contributed by atoms with Crippen LogP contribution in [0.1, 0.15) is 11.3 Å². The molecule has 160 valence electrons. The van der Waals surface area contributed by atoms with E-state index in [2.05, 4.69) is 14.9 Å². The van der Waals surface area contributed by atoms with Crippen LogP contribution in [0.25, 0.3) is 11.1 Å². The molecule has 31 heavy (non-hydrogen) atoms. The lowest BCUT2D eigenvalue weighted by molar-refractivity contribution is 0.122. The van der Waals surface area contributed by atoms with E-state index >= 15 is 0 Å². The van der Waals surface area contributed by atoms with Crippen molar-refractivity contribution in [3.63, 3.8) is 0 Å². The van der Waals surface area contributed by atoms with Crippen molar-refractivity contribution in [2.75, 3.05) is 31.2 Å². The van der Waals surface area contributed by atoms with Gasteiger partial charge in [-0.1, -0.05) is 35.9 Å². The molecule has 0 unspecified atom stereocenters. The van der Waals surface area contributed by atoms with Crippen molar-refractivity contribution >= 4 is 27.6 Å². The van der Waals surface area contributed by atoms with Crippen molar-refractivity contribution < 1.29 is 13.2 Å². The molecule has 2 aromatic carbocycles. The van der Waals surface area contributed by atoms with Gasteiger partial charge in [0.15, 0.2) is 0 Å². The fourth-order valence-corrected chi connectivity index (χ4v) is 5.38. The molecule has 0 N–H and O–H groups in total. The van der Waals surface area contributed by atoms with Gasteiger partial charge in [0.2, 0.25) is 16.0 Å². The molecule has 0 atom stereocenters. The smallest absolute Gasteiger partial charge is 0.243 e. The Morgan fingerprint density at radius 3 is 2.52 bits per heavy atom. The fourth-order valence-electron chi connectivity index (χ4n) is 3.83. The molecule has 0 radical (unpaired) electrons. The number of anilines is 1. The van der Waals surface area contributed by atoms with E-state index in [1.54, 1.807) is 36.5 Å². The first-order valence-electron chi connectivity index (χ1n) is 10.0. The predicted molar refractivity (Wildman–Crippen MR) is 118 cm³/mol. The molecule has 3 heterocycles. The van der Waals surface area contributed by atoms with Gasteiger partial charge < -0.3 is 9.64 Å². The van der Waals surface area contributed by atoms with Gasteiger partial charge in [-0.2, -0.15) is 4.31 Å². The Morgan fingerprint density at radius 1 is 0.968 bits per heavy atom. The minimum atomic E-state index is -3.68. The van der Waals surface area contributed by atoms with Crippen LogP contribution in [0.5, 0.6) is 0 Å². The summed E-state index contributed by atoms with van der Waals surface area (Å²) >= 11 is 5.97. The number of aromatic nitrogens is 2. The number of nitrogens with zero attached hydrogens (tertiary/aromatic N) is 4. The third-order valence-corrected chi connectivity index (χ3v) is 7.60. The largest absolute Gasteiger partial charge is 0.378 e. The highest BCUT2D eigenvalue weighted by Gasteiger charge is 2.32. The van der Waals surface area contributed by atoms with Crippen molar-refractivity contribution in [1.29, 1.82) is 0 Å². The van der Waals surface area contributed by atoms with Crippen molar-refractivity contribution in [1.82, 2.24) is 14.3 Å². The zero-order valence-corrected chi connectivity index (χ0v) is 18.3. The van der Waals surface area contributed by atoms with Gasteiger partial charge in [0, 0.05) is 36.4 Å². The summed E-state index contributed by atoms with van der Waals surface area (Å²) in [6, 6.07) is 14.3. The molecule has 5 rings (SSSR count). The first-order valence-corrected chi connectivity index (χ1v) is 11.9. The van der Waals surface area contributed by atoms with Gasteiger partial charge in [0.1, 0.15) is 0 Å². The summed E-state index contributed by atoms with van der Waals surface area (Å²) in [5.74, 6) is 0.631. The summed E-state index contributed by atoms with van der Waals surface area (Å²) in [7, 11) is -3.68. The SMILES string of the molecule is O=S(=O)(c1cccc(-c2ccc(Cl)cc2)c1)N1Cc2cnc(N3CCOCC3)nc2C1. The lowest BCUT2D eigenvalue weighted by atomic mass is 10.1. The average Bonchev–Trinajstić information content (AvgIpc) is 3.25. The van der Waals surface area contributed by atoms with Crippen LogP contribution in [0.4, 0.5) is 5.95 Å². The van der Waals surface area contributed by atoms with E-state index in [-0.39, 0.29) is 18.0 Å². The summed E-state index contributed by atoms with van der Waals surface area (Å²) in [6.07, 6.45) is 1.74. The van der Waals surface area contributed by atoms with Crippen molar-refractivity contribution in [3.8, 4) is 11.1 Å². The maximum Gasteiger partial charge on any atom is 0.243 e. The quantitative estimate of drug-likeness (QED) is 0.599. The number of hydrogen-bond donors (Lipinski definition) is 0. The molecular formula is C22H21ClN4O3S. The number of morpholine rings is 1. The van der Waals surface area contributed by atoms with E-state index in [9.17, 15) is 8.42 Å². The summed E-state index contributed by atoms with van der Waals surface area (Å²) in [5, 5.41) is 0.639. The number of benzene rings is 2. The predicted octanol–water partition coefficient (Wildman–Crippen LogP) is 3.34. The van der Waals surface area contributed by atoms with Gasteiger partial charge in [0.05, 0.1) is 30.3 Å². The second kappa shape index (κ2) is 8.20. The van der Waals surface area contributed by atoms with Crippen LogP contribution in [-0.4, -0.2) is 49.0 Å². The first-order chi connectivity index (χ1) is 15.0. The van der Waals surface area contributed by atoms with E-state index in [1.807, 2.05) is 18.2 Å². The lowest BCUT2D eigenvalue weighted by Gasteiger charge is -2.26. The number of sulfonamides is 1. The Balaban J connectivity index is 1.39. The van der Waals surface area contributed by atoms with E-state index in [0.29, 0.717) is 24.2 Å². The zero-order valence-electron chi connectivity index (χ0n) is 16.7. The third kappa shape index (κ3) is 4.04. The molecule has 0 bridgehead atoms. The van der Waals surface area contributed by atoms with Crippen molar-refractivity contribution in [3.05, 3.63) is 71.0 Å². The average molecular weight is 457 g/mol. The molecule has 7 nitrogen and oxygen atoms in total. The lowest BCUT2D eigenvalue weighted by Crippen LogP contribution is -2.37. The first kappa shape index (κ1) is 20.4. The van der Waals surface area contributed by atoms with Crippen LogP contribution >= 0.6 is 11.6 Å². The molecule has 1 saturated heterocycles. The third-order valence-electron chi connectivity index (χ3n) is 5.56. The Bertz CT molecular complexity index is 1210. The van der Waals surface area contributed by atoms with Crippen molar-refractivity contribution in [2.24, 2.45) is 0 Å². The monoisotopic (exact) mass is 456 g/mol. The maximum absolute atomic E-state index is 13.4. The van der Waals surface area contributed by atoms with Crippen LogP contribution in [0.15, 0.2) is 59.6 Å². The minimum Gasteiger partial charge on any atom is -0.378 e. The molecule has 2 aliphatic rings. The highest BCUT2D eigenvalue weighted by atomic mass is 35.5. The molecule has 0 aliphatic carbocycles. The summed E-state index contributed by atoms with van der Waals surface area (Å²) in [5.41, 5.74) is 3.33. The van der Waals surface area contributed by atoms with Crippen LogP contribution < -0.4 is 4.90 Å². The minimum absolute atomic E-state index is 0.239. The summed E-state index contributed by atoms with van der Waals surface area (Å²) < 4.78 is 33.5. The van der Waals surface area contributed by atoms with Crippen LogP contribution in [0.2, 0.25) is 5.02 Å². The molecule has 2 aliphatic heterocycles. The normalized spacial score (nSPS) is 17.0. The van der Waals surface area contributed by atoms with Gasteiger partial charge in [0.25, 0.3) is 0 Å². The Morgan fingerprint density at radius 2 is 1.74 bits per heavy atom. The molecule has 3 aromatic rings. The van der Waals surface area contributed by atoms with Crippen LogP contribution in [0, 0.1) is 0 Å².